The Balaban J connectivity index is 1.45. The molecule has 120 valence electrons. The van der Waals surface area contributed by atoms with Crippen LogP contribution in [0.5, 0.6) is 0 Å². The zero-order valence-electron chi connectivity index (χ0n) is 13.6. The van der Waals surface area contributed by atoms with E-state index < -0.39 is 0 Å². The van der Waals surface area contributed by atoms with Crippen LogP contribution in [0.15, 0.2) is 48.5 Å². The standard InChI is InChI=1S/C20H24N2O/c1-2-6-18(17(5-1)13-21-9-11-23-12-10-21)14-22-15-19-7-3-4-8-20(19)16-22/h1-8H,9-16H2. The maximum atomic E-state index is 5.46. The quantitative estimate of drug-likeness (QED) is 0.863. The first-order valence-electron chi connectivity index (χ1n) is 8.54. The van der Waals surface area contributed by atoms with Crippen LogP contribution < -0.4 is 0 Å². The van der Waals surface area contributed by atoms with E-state index in [0.717, 1.165) is 52.5 Å². The molecule has 0 N–H and O–H groups in total. The summed E-state index contributed by atoms with van der Waals surface area (Å²) in [5, 5.41) is 0. The van der Waals surface area contributed by atoms with Gasteiger partial charge in [0.1, 0.15) is 0 Å². The van der Waals surface area contributed by atoms with Crippen LogP contribution in [0.2, 0.25) is 0 Å². The number of ether oxygens (including phenoxy) is 1. The minimum atomic E-state index is 0.865. The fourth-order valence-electron chi connectivity index (χ4n) is 3.62. The zero-order chi connectivity index (χ0) is 15.5. The fraction of sp³-hybridized carbons (Fsp3) is 0.400. The average molecular weight is 308 g/mol. The lowest BCUT2D eigenvalue weighted by Gasteiger charge is -2.28. The van der Waals surface area contributed by atoms with Gasteiger partial charge in [0.25, 0.3) is 0 Å². The van der Waals surface area contributed by atoms with Crippen molar-refractivity contribution in [2.24, 2.45) is 0 Å². The van der Waals surface area contributed by atoms with Gasteiger partial charge in [-0.3, -0.25) is 9.80 Å². The van der Waals surface area contributed by atoms with Gasteiger partial charge in [0.05, 0.1) is 13.2 Å². The summed E-state index contributed by atoms with van der Waals surface area (Å²) in [6, 6.07) is 17.7. The summed E-state index contributed by atoms with van der Waals surface area (Å²) in [4.78, 5) is 5.05. The Kier molecular flexibility index (Phi) is 4.42. The third kappa shape index (κ3) is 3.47. The molecule has 2 aromatic rings. The minimum absolute atomic E-state index is 0.865. The maximum Gasteiger partial charge on any atom is 0.0594 e. The van der Waals surface area contributed by atoms with Crippen molar-refractivity contribution in [2.45, 2.75) is 26.2 Å². The average Bonchev–Trinajstić information content (AvgIpc) is 3.00. The SMILES string of the molecule is c1ccc(CN2Cc3ccccc3C2)c(CN2CCOCC2)c1. The molecule has 4 rings (SSSR count). The monoisotopic (exact) mass is 308 g/mol. The van der Waals surface area contributed by atoms with Crippen LogP contribution in [0.3, 0.4) is 0 Å². The first-order valence-corrected chi connectivity index (χ1v) is 8.54. The van der Waals surface area contributed by atoms with Gasteiger partial charge < -0.3 is 4.74 Å². The molecule has 0 atom stereocenters. The van der Waals surface area contributed by atoms with Gasteiger partial charge in [-0.1, -0.05) is 48.5 Å². The highest BCUT2D eigenvalue weighted by atomic mass is 16.5. The lowest BCUT2D eigenvalue weighted by molar-refractivity contribution is 0.0340. The van der Waals surface area contributed by atoms with E-state index >= 15 is 0 Å². The van der Waals surface area contributed by atoms with Crippen molar-refractivity contribution in [3.05, 3.63) is 70.8 Å². The Morgan fingerprint density at radius 2 is 1.22 bits per heavy atom. The first kappa shape index (κ1) is 14.9. The Bertz CT molecular complexity index is 639. The van der Waals surface area contributed by atoms with Crippen LogP contribution in [-0.4, -0.2) is 36.1 Å². The summed E-state index contributed by atoms with van der Waals surface area (Å²) >= 11 is 0. The molecule has 2 aromatic carbocycles. The summed E-state index contributed by atoms with van der Waals surface area (Å²) in [5.41, 5.74) is 5.90. The van der Waals surface area contributed by atoms with Crippen LogP contribution in [0.1, 0.15) is 22.3 Å². The second-order valence-electron chi connectivity index (χ2n) is 6.57. The van der Waals surface area contributed by atoms with Crippen molar-refractivity contribution >= 4 is 0 Å². The van der Waals surface area contributed by atoms with Crippen LogP contribution >= 0.6 is 0 Å². The van der Waals surface area contributed by atoms with Gasteiger partial charge in [-0.15, -0.1) is 0 Å². The van der Waals surface area contributed by atoms with Gasteiger partial charge in [-0.2, -0.15) is 0 Å². The van der Waals surface area contributed by atoms with Gasteiger partial charge in [0.2, 0.25) is 0 Å². The molecule has 1 fully saturated rings. The van der Waals surface area contributed by atoms with Crippen molar-refractivity contribution in [3.63, 3.8) is 0 Å². The molecule has 0 radical (unpaired) electrons. The fourth-order valence-corrected chi connectivity index (χ4v) is 3.62. The second kappa shape index (κ2) is 6.83. The molecule has 0 unspecified atom stereocenters. The molecule has 0 amide bonds. The maximum absolute atomic E-state index is 5.46. The highest BCUT2D eigenvalue weighted by molar-refractivity contribution is 5.32. The molecule has 1 saturated heterocycles. The molecule has 0 bridgehead atoms. The van der Waals surface area contributed by atoms with Crippen LogP contribution in [0.25, 0.3) is 0 Å². The summed E-state index contributed by atoms with van der Waals surface area (Å²) in [6.45, 7) is 8.04. The third-order valence-corrected chi connectivity index (χ3v) is 4.92. The number of benzene rings is 2. The first-order chi connectivity index (χ1) is 11.4. The molecule has 0 aromatic heterocycles. The van der Waals surface area contributed by atoms with E-state index in [0.29, 0.717) is 0 Å². The number of rotatable bonds is 4. The Hall–Kier alpha value is -1.68. The Labute approximate surface area is 138 Å². The number of fused-ring (bicyclic) bond motifs is 1. The molecule has 0 saturated carbocycles. The molecule has 23 heavy (non-hydrogen) atoms. The smallest absolute Gasteiger partial charge is 0.0594 e. The largest absolute Gasteiger partial charge is 0.379 e. The van der Waals surface area contributed by atoms with Crippen LogP contribution in [0.4, 0.5) is 0 Å². The zero-order valence-corrected chi connectivity index (χ0v) is 13.6. The second-order valence-corrected chi connectivity index (χ2v) is 6.57. The van der Waals surface area contributed by atoms with Crippen molar-refractivity contribution in [1.29, 1.82) is 0 Å². The Morgan fingerprint density at radius 1 is 0.696 bits per heavy atom. The predicted molar refractivity (Wildman–Crippen MR) is 91.9 cm³/mol. The summed E-state index contributed by atoms with van der Waals surface area (Å²) in [5.74, 6) is 0. The van der Waals surface area contributed by atoms with E-state index in [4.69, 9.17) is 4.74 Å². The summed E-state index contributed by atoms with van der Waals surface area (Å²) in [6.07, 6.45) is 0. The number of nitrogens with zero attached hydrogens (tertiary/aromatic N) is 2. The highest BCUT2D eigenvalue weighted by Gasteiger charge is 2.19. The van der Waals surface area contributed by atoms with Gasteiger partial charge in [-0.25, -0.2) is 0 Å². The number of hydrogen-bond donors (Lipinski definition) is 0. The number of hydrogen-bond acceptors (Lipinski definition) is 3. The molecule has 3 nitrogen and oxygen atoms in total. The summed E-state index contributed by atoms with van der Waals surface area (Å²) < 4.78 is 5.46. The van der Waals surface area contributed by atoms with Gasteiger partial charge in [0, 0.05) is 39.3 Å². The van der Waals surface area contributed by atoms with E-state index in [1.807, 2.05) is 0 Å². The highest BCUT2D eigenvalue weighted by Crippen LogP contribution is 2.25. The van der Waals surface area contributed by atoms with Crippen molar-refractivity contribution < 1.29 is 4.74 Å². The lowest BCUT2D eigenvalue weighted by atomic mass is 10.1. The van der Waals surface area contributed by atoms with E-state index in [9.17, 15) is 0 Å². The number of morpholine rings is 1. The van der Waals surface area contributed by atoms with E-state index in [2.05, 4.69) is 58.3 Å². The normalized spacial score (nSPS) is 19.0. The minimum Gasteiger partial charge on any atom is -0.379 e. The molecule has 2 aliphatic heterocycles. The van der Waals surface area contributed by atoms with Gasteiger partial charge in [-0.05, 0) is 22.3 Å². The van der Waals surface area contributed by atoms with E-state index in [1.54, 1.807) is 0 Å². The van der Waals surface area contributed by atoms with Gasteiger partial charge >= 0.3 is 0 Å². The van der Waals surface area contributed by atoms with Crippen LogP contribution in [-0.2, 0) is 30.9 Å². The summed E-state index contributed by atoms with van der Waals surface area (Å²) in [7, 11) is 0. The molecule has 3 heteroatoms. The topological polar surface area (TPSA) is 15.7 Å². The predicted octanol–water partition coefficient (Wildman–Crippen LogP) is 3.03. The van der Waals surface area contributed by atoms with Crippen LogP contribution in [0, 0.1) is 0 Å². The van der Waals surface area contributed by atoms with E-state index in [-0.39, 0.29) is 0 Å². The molecular weight excluding hydrogens is 284 g/mol. The van der Waals surface area contributed by atoms with Crippen molar-refractivity contribution in [2.75, 3.05) is 26.3 Å². The molecule has 2 heterocycles. The molecule has 0 aliphatic carbocycles. The lowest BCUT2D eigenvalue weighted by Crippen LogP contribution is -2.36. The van der Waals surface area contributed by atoms with Crippen molar-refractivity contribution in [1.82, 2.24) is 9.80 Å². The van der Waals surface area contributed by atoms with Crippen molar-refractivity contribution in [3.8, 4) is 0 Å². The van der Waals surface area contributed by atoms with E-state index in [1.165, 1.54) is 22.3 Å². The Morgan fingerprint density at radius 3 is 1.83 bits per heavy atom. The molecular formula is C20H24N2O. The molecule has 2 aliphatic rings. The van der Waals surface area contributed by atoms with Gasteiger partial charge in [0.15, 0.2) is 0 Å². The third-order valence-electron chi connectivity index (χ3n) is 4.92. The molecule has 0 spiro atoms.